The highest BCUT2D eigenvalue weighted by Gasteiger charge is 2.43. The average Bonchev–Trinajstić information content (AvgIpc) is 2.79. The van der Waals surface area contributed by atoms with Crippen LogP contribution in [0.5, 0.6) is 5.88 Å². The fraction of sp³-hybridized carbons (Fsp3) is 0.500. The zero-order valence-electron chi connectivity index (χ0n) is 11.0. The van der Waals surface area contributed by atoms with Crippen LogP contribution in [0.1, 0.15) is 12.8 Å². The van der Waals surface area contributed by atoms with Crippen LogP contribution in [0.25, 0.3) is 10.9 Å². The van der Waals surface area contributed by atoms with Crippen LogP contribution in [0.2, 0.25) is 0 Å². The van der Waals surface area contributed by atoms with E-state index in [9.17, 15) is 0 Å². The van der Waals surface area contributed by atoms with Crippen LogP contribution in [-0.4, -0.2) is 46.2 Å². The van der Waals surface area contributed by atoms with E-state index in [-0.39, 0.29) is 0 Å². The minimum Gasteiger partial charge on any atom is -0.475 e. The third-order valence-electron chi connectivity index (χ3n) is 4.72. The Hall–Kier alpha value is -1.95. The summed E-state index contributed by atoms with van der Waals surface area (Å²) in [6, 6.07) is 3.32. The van der Waals surface area contributed by atoms with Crippen LogP contribution in [-0.2, 0) is 0 Å². The molecule has 5 rings (SSSR count). The van der Waals surface area contributed by atoms with Crippen molar-refractivity contribution in [3.63, 3.8) is 0 Å². The molecular formula is C14H15N5O. The Morgan fingerprint density at radius 3 is 3.25 bits per heavy atom. The van der Waals surface area contributed by atoms with Crippen LogP contribution in [0.4, 0.5) is 5.82 Å². The summed E-state index contributed by atoms with van der Waals surface area (Å²) < 4.78 is 5.97. The first-order chi connectivity index (χ1) is 9.90. The van der Waals surface area contributed by atoms with Gasteiger partial charge in [-0.05, 0) is 18.9 Å². The van der Waals surface area contributed by atoms with Crippen LogP contribution in [0, 0.1) is 0 Å². The number of fused-ring (bicyclic) bond motifs is 5. The van der Waals surface area contributed by atoms with Gasteiger partial charge in [-0.2, -0.15) is 0 Å². The second-order valence-electron chi connectivity index (χ2n) is 5.79. The Balaban J connectivity index is 1.75. The van der Waals surface area contributed by atoms with Crippen LogP contribution in [0.3, 0.4) is 0 Å². The molecule has 20 heavy (non-hydrogen) atoms. The summed E-state index contributed by atoms with van der Waals surface area (Å²) in [4.78, 5) is 15.7. The molecule has 1 N–H and O–H groups in total. The predicted octanol–water partition coefficient (Wildman–Crippen LogP) is 0.726. The van der Waals surface area contributed by atoms with Gasteiger partial charge in [-0.25, -0.2) is 15.0 Å². The first kappa shape index (κ1) is 10.8. The topological polar surface area (TPSA) is 63.2 Å². The molecule has 0 aromatic carbocycles. The molecule has 0 radical (unpaired) electrons. The van der Waals surface area contributed by atoms with Gasteiger partial charge in [0.25, 0.3) is 0 Å². The molecule has 0 amide bonds. The Morgan fingerprint density at radius 1 is 1.25 bits per heavy atom. The maximum absolute atomic E-state index is 5.97. The summed E-state index contributed by atoms with van der Waals surface area (Å²) >= 11 is 0. The van der Waals surface area contributed by atoms with Gasteiger partial charge in [0.15, 0.2) is 0 Å². The van der Waals surface area contributed by atoms with Gasteiger partial charge >= 0.3 is 0 Å². The number of pyridine rings is 1. The van der Waals surface area contributed by atoms with Crippen molar-refractivity contribution in [2.24, 2.45) is 0 Å². The second-order valence-corrected chi connectivity index (χ2v) is 5.79. The molecule has 2 bridgehead atoms. The predicted molar refractivity (Wildman–Crippen MR) is 73.9 cm³/mol. The third kappa shape index (κ3) is 1.34. The molecule has 6 heteroatoms. The van der Waals surface area contributed by atoms with Crippen molar-refractivity contribution in [1.82, 2.24) is 20.3 Å². The van der Waals surface area contributed by atoms with Crippen molar-refractivity contribution in [2.75, 3.05) is 18.1 Å². The smallest absolute Gasteiger partial charge is 0.226 e. The number of piperazine rings is 1. The molecule has 3 aliphatic heterocycles. The molecule has 102 valence electrons. The minimum absolute atomic E-state index is 0.334. The summed E-state index contributed by atoms with van der Waals surface area (Å²) in [6.45, 7) is 1.65. The third-order valence-corrected chi connectivity index (χ3v) is 4.72. The standard InChI is InChI=1S/C14H15N5O/c1-2-9-11-6-20-14-12-10(3-4-15-14)16-7-17-13(12)19(11)5-8(1)18-9/h3-4,7-9,11,18H,1-2,5-6H2. The summed E-state index contributed by atoms with van der Waals surface area (Å²) in [7, 11) is 0. The maximum atomic E-state index is 5.97. The molecule has 3 unspecified atom stereocenters. The number of hydrogen-bond donors (Lipinski definition) is 1. The van der Waals surface area contributed by atoms with Crippen molar-refractivity contribution in [2.45, 2.75) is 31.0 Å². The van der Waals surface area contributed by atoms with Gasteiger partial charge < -0.3 is 15.0 Å². The number of nitrogens with zero attached hydrogens (tertiary/aromatic N) is 4. The van der Waals surface area contributed by atoms with Crippen molar-refractivity contribution < 1.29 is 4.74 Å². The van der Waals surface area contributed by atoms with Crippen LogP contribution < -0.4 is 15.0 Å². The minimum atomic E-state index is 0.334. The van der Waals surface area contributed by atoms with Gasteiger partial charge in [-0.1, -0.05) is 0 Å². The lowest BCUT2D eigenvalue weighted by molar-refractivity contribution is 0.238. The molecule has 3 aliphatic rings. The summed E-state index contributed by atoms with van der Waals surface area (Å²) in [5.41, 5.74) is 0.909. The van der Waals surface area contributed by atoms with Gasteiger partial charge in [0, 0.05) is 24.8 Å². The molecule has 3 atom stereocenters. The lowest BCUT2D eigenvalue weighted by Gasteiger charge is -2.40. The fourth-order valence-corrected chi connectivity index (χ4v) is 3.79. The van der Waals surface area contributed by atoms with E-state index in [1.54, 1.807) is 12.5 Å². The Labute approximate surface area is 116 Å². The summed E-state index contributed by atoms with van der Waals surface area (Å²) in [5, 5.41) is 4.65. The van der Waals surface area contributed by atoms with Crippen molar-refractivity contribution >= 4 is 16.7 Å². The van der Waals surface area contributed by atoms with E-state index in [1.807, 2.05) is 6.07 Å². The number of nitrogens with one attached hydrogen (secondary N) is 1. The lowest BCUT2D eigenvalue weighted by atomic mass is 10.1. The van der Waals surface area contributed by atoms with Crippen molar-refractivity contribution in [1.29, 1.82) is 0 Å². The normalized spacial score (nSPS) is 30.8. The zero-order chi connectivity index (χ0) is 13.1. The number of anilines is 1. The van der Waals surface area contributed by atoms with Gasteiger partial charge in [0.2, 0.25) is 5.88 Å². The first-order valence-corrected chi connectivity index (χ1v) is 7.15. The number of rotatable bonds is 0. The second kappa shape index (κ2) is 3.79. The highest BCUT2D eigenvalue weighted by Crippen LogP contribution is 2.38. The maximum Gasteiger partial charge on any atom is 0.226 e. The quantitative estimate of drug-likeness (QED) is 0.760. The van der Waals surface area contributed by atoms with Crippen molar-refractivity contribution in [3.05, 3.63) is 18.6 Å². The van der Waals surface area contributed by atoms with Gasteiger partial charge in [-0.15, -0.1) is 0 Å². The number of ether oxygens (including phenoxy) is 1. The van der Waals surface area contributed by atoms with E-state index in [4.69, 9.17) is 4.74 Å². The molecule has 5 heterocycles. The highest BCUT2D eigenvalue weighted by molar-refractivity contribution is 5.94. The largest absolute Gasteiger partial charge is 0.475 e. The molecule has 2 fully saturated rings. The molecule has 0 spiro atoms. The molecule has 0 saturated carbocycles. The SMILES string of the molecule is c1cc2ncnc3c2c(n1)OCC1C2CCC(CN31)N2. The Kier molecular flexibility index (Phi) is 2.04. The molecule has 6 nitrogen and oxygen atoms in total. The van der Waals surface area contributed by atoms with Gasteiger partial charge in [0.1, 0.15) is 24.1 Å². The molecule has 0 aliphatic carbocycles. The summed E-state index contributed by atoms with van der Waals surface area (Å²) in [6.07, 6.45) is 5.86. The van der Waals surface area contributed by atoms with Gasteiger partial charge in [0.05, 0.1) is 11.6 Å². The van der Waals surface area contributed by atoms with E-state index in [2.05, 4.69) is 25.2 Å². The zero-order valence-corrected chi connectivity index (χ0v) is 11.0. The molecule has 2 saturated heterocycles. The van der Waals surface area contributed by atoms with Crippen LogP contribution >= 0.6 is 0 Å². The summed E-state index contributed by atoms with van der Waals surface area (Å²) in [5.74, 6) is 1.65. The van der Waals surface area contributed by atoms with Crippen molar-refractivity contribution in [3.8, 4) is 5.88 Å². The van der Waals surface area contributed by atoms with E-state index in [1.165, 1.54) is 12.8 Å². The van der Waals surface area contributed by atoms with E-state index in [0.717, 1.165) is 23.3 Å². The molecular weight excluding hydrogens is 254 g/mol. The van der Waals surface area contributed by atoms with Crippen LogP contribution in [0.15, 0.2) is 18.6 Å². The number of hydrogen-bond acceptors (Lipinski definition) is 6. The highest BCUT2D eigenvalue weighted by atomic mass is 16.5. The Bertz CT molecular complexity index is 685. The van der Waals surface area contributed by atoms with E-state index < -0.39 is 0 Å². The monoisotopic (exact) mass is 269 g/mol. The van der Waals surface area contributed by atoms with Gasteiger partial charge in [-0.3, -0.25) is 0 Å². The molecule has 2 aromatic rings. The lowest BCUT2D eigenvalue weighted by Crippen LogP contribution is -2.60. The Morgan fingerprint density at radius 2 is 2.25 bits per heavy atom. The number of aromatic nitrogens is 3. The first-order valence-electron chi connectivity index (χ1n) is 7.15. The van der Waals surface area contributed by atoms with E-state index >= 15 is 0 Å². The fourth-order valence-electron chi connectivity index (χ4n) is 3.79. The molecule has 2 aromatic heterocycles. The van der Waals surface area contributed by atoms with E-state index in [0.29, 0.717) is 30.6 Å². The average molecular weight is 269 g/mol.